The zero-order valence-electron chi connectivity index (χ0n) is 30.7. The summed E-state index contributed by atoms with van der Waals surface area (Å²) in [6, 6.07) is 18.5. The van der Waals surface area contributed by atoms with Gasteiger partial charge in [0.05, 0.1) is 24.3 Å². The Bertz CT molecular complexity index is 1950. The molecule has 14 heteroatoms. The van der Waals surface area contributed by atoms with Gasteiger partial charge in [-0.3, -0.25) is 28.7 Å². The molecule has 54 heavy (non-hydrogen) atoms. The number of fused-ring (bicyclic) bond motifs is 1. The Morgan fingerprint density at radius 2 is 1.54 bits per heavy atom. The summed E-state index contributed by atoms with van der Waals surface area (Å²) in [6.45, 7) is 4.43. The summed E-state index contributed by atoms with van der Waals surface area (Å²) in [5.41, 5.74) is 4.39. The normalized spacial score (nSPS) is 18.8. The number of carbonyl (C=O) groups is 5. The van der Waals surface area contributed by atoms with Gasteiger partial charge >= 0.3 is 0 Å². The maximum Gasteiger partial charge on any atom is 0.255 e. The fourth-order valence-corrected chi connectivity index (χ4v) is 6.27. The molecule has 2 heterocycles. The highest BCUT2D eigenvalue weighted by Crippen LogP contribution is 2.19. The third-order valence-electron chi connectivity index (χ3n) is 9.30. The number of aryl methyl sites for hydroxylation is 2. The van der Waals surface area contributed by atoms with Gasteiger partial charge < -0.3 is 36.4 Å². The van der Waals surface area contributed by atoms with Gasteiger partial charge in [-0.05, 0) is 67.6 Å². The van der Waals surface area contributed by atoms with Crippen LogP contribution in [0.5, 0.6) is 11.5 Å². The van der Waals surface area contributed by atoms with Gasteiger partial charge in [0.1, 0.15) is 29.6 Å². The number of ether oxygens (including phenoxy) is 1. The number of nitrogens with zero attached hydrogens (tertiary/aromatic N) is 2. The molecule has 1 aliphatic heterocycles. The molecule has 0 fully saturated rings. The number of aromatic nitrogens is 2. The van der Waals surface area contributed by atoms with Gasteiger partial charge in [-0.15, -0.1) is 0 Å². The quantitative estimate of drug-likeness (QED) is 0.158. The van der Waals surface area contributed by atoms with E-state index in [1.807, 2.05) is 51.2 Å². The number of hydrogen-bond donors (Lipinski definition) is 6. The summed E-state index contributed by atoms with van der Waals surface area (Å²) in [5.74, 6) is -2.66. The van der Waals surface area contributed by atoms with Crippen LogP contribution in [0.2, 0.25) is 0 Å². The second kappa shape index (κ2) is 18.5. The molecule has 0 spiro atoms. The van der Waals surface area contributed by atoms with Crippen LogP contribution in [0.1, 0.15) is 51.3 Å². The summed E-state index contributed by atoms with van der Waals surface area (Å²) in [7, 11) is 1.84. The number of carbonyl (C=O) groups excluding carboxylic acids is 5. The van der Waals surface area contributed by atoms with E-state index in [0.29, 0.717) is 18.4 Å². The zero-order chi connectivity index (χ0) is 38.6. The molecule has 0 aliphatic carbocycles. The van der Waals surface area contributed by atoms with Crippen molar-refractivity contribution in [3.05, 3.63) is 113 Å². The molecule has 6 N–H and O–H groups in total. The van der Waals surface area contributed by atoms with Crippen LogP contribution in [-0.2, 0) is 45.5 Å². The van der Waals surface area contributed by atoms with Crippen LogP contribution in [0.25, 0.3) is 0 Å². The van der Waals surface area contributed by atoms with Gasteiger partial charge in [0.15, 0.2) is 0 Å². The lowest BCUT2D eigenvalue weighted by Crippen LogP contribution is -2.56. The number of para-hydroxylation sites is 1. The lowest BCUT2D eigenvalue weighted by molar-refractivity contribution is -0.133. The fraction of sp³-hybridized carbons (Fsp3) is 0.350. The molecule has 3 aromatic carbocycles. The summed E-state index contributed by atoms with van der Waals surface area (Å²) in [6.07, 6.45) is 0.574. The van der Waals surface area contributed by atoms with Crippen molar-refractivity contribution in [3.63, 3.8) is 0 Å². The minimum atomic E-state index is -1.32. The predicted octanol–water partition coefficient (Wildman–Crippen LogP) is 1.94. The molecular formula is C40H47N7O7. The number of benzene rings is 3. The zero-order valence-corrected chi connectivity index (χ0v) is 30.7. The summed E-state index contributed by atoms with van der Waals surface area (Å²) in [4.78, 5) is 68.7. The van der Waals surface area contributed by atoms with E-state index < -0.39 is 54.1 Å². The average Bonchev–Trinajstić information content (AvgIpc) is 3.40. The SMILES string of the molecule is Cc1nn(C)c(C)c1CCNC(=O)[C@@H]1CC(=O)N[C@@H](Cc2ccc(O)cc2)C(=O)N[C@@H](Cc2ccccc2)C(=O)NCCCOc2ccccc2C(=O)N1. The molecule has 0 radical (unpaired) electrons. The topological polar surface area (TPSA) is 193 Å². The maximum atomic E-state index is 14.0. The van der Waals surface area contributed by atoms with Crippen molar-refractivity contribution < 1.29 is 33.8 Å². The van der Waals surface area contributed by atoms with Crippen LogP contribution >= 0.6 is 0 Å². The van der Waals surface area contributed by atoms with Gasteiger partial charge in [0.2, 0.25) is 23.6 Å². The third kappa shape index (κ3) is 10.7. The van der Waals surface area contributed by atoms with Crippen LogP contribution in [0.3, 0.4) is 0 Å². The van der Waals surface area contributed by atoms with E-state index in [4.69, 9.17) is 4.74 Å². The molecule has 14 nitrogen and oxygen atoms in total. The Labute approximate surface area is 314 Å². The molecule has 1 aromatic heterocycles. The number of rotatable bonds is 8. The first kappa shape index (κ1) is 39.0. The number of amides is 5. The number of hydrogen-bond acceptors (Lipinski definition) is 8. The van der Waals surface area contributed by atoms with Crippen molar-refractivity contribution in [2.45, 2.75) is 64.1 Å². The molecule has 4 aromatic rings. The lowest BCUT2D eigenvalue weighted by Gasteiger charge is -2.25. The number of phenols is 1. The molecule has 284 valence electrons. The number of aromatic hydroxyl groups is 1. The highest BCUT2D eigenvalue weighted by atomic mass is 16.5. The van der Waals surface area contributed by atoms with Crippen LogP contribution in [0.15, 0.2) is 78.9 Å². The highest BCUT2D eigenvalue weighted by molar-refractivity contribution is 6.01. The summed E-state index contributed by atoms with van der Waals surface area (Å²) < 4.78 is 7.69. The van der Waals surface area contributed by atoms with Crippen LogP contribution < -0.4 is 31.3 Å². The van der Waals surface area contributed by atoms with E-state index in [2.05, 4.69) is 31.7 Å². The second-order valence-electron chi connectivity index (χ2n) is 13.3. The van der Waals surface area contributed by atoms with E-state index >= 15 is 0 Å². The van der Waals surface area contributed by atoms with E-state index in [0.717, 1.165) is 22.5 Å². The summed E-state index contributed by atoms with van der Waals surface area (Å²) >= 11 is 0. The van der Waals surface area contributed by atoms with E-state index in [1.165, 1.54) is 12.1 Å². The minimum Gasteiger partial charge on any atom is -0.508 e. The molecular weight excluding hydrogens is 690 g/mol. The van der Waals surface area contributed by atoms with Crippen molar-refractivity contribution in [2.75, 3.05) is 19.7 Å². The predicted molar refractivity (Wildman–Crippen MR) is 201 cm³/mol. The highest BCUT2D eigenvalue weighted by Gasteiger charge is 2.31. The van der Waals surface area contributed by atoms with E-state index in [9.17, 15) is 29.1 Å². The Morgan fingerprint density at radius 1 is 0.870 bits per heavy atom. The molecule has 1 aliphatic rings. The fourth-order valence-electron chi connectivity index (χ4n) is 6.27. The number of phenolic OH excluding ortho intramolecular Hbond substituents is 1. The van der Waals surface area contributed by atoms with Gasteiger partial charge in [0, 0.05) is 38.7 Å². The van der Waals surface area contributed by atoms with E-state index in [1.54, 1.807) is 41.1 Å². The largest absolute Gasteiger partial charge is 0.508 e. The second-order valence-corrected chi connectivity index (χ2v) is 13.3. The van der Waals surface area contributed by atoms with Gasteiger partial charge in [-0.25, -0.2) is 0 Å². The van der Waals surface area contributed by atoms with Gasteiger partial charge in [-0.2, -0.15) is 5.10 Å². The van der Waals surface area contributed by atoms with Crippen LogP contribution in [0, 0.1) is 13.8 Å². The molecule has 0 saturated carbocycles. The molecule has 0 bridgehead atoms. The van der Waals surface area contributed by atoms with Gasteiger partial charge in [-0.1, -0.05) is 54.6 Å². The van der Waals surface area contributed by atoms with Crippen molar-refractivity contribution in [1.82, 2.24) is 36.4 Å². The molecule has 5 rings (SSSR count). The molecule has 0 unspecified atom stereocenters. The Balaban J connectivity index is 1.43. The van der Waals surface area contributed by atoms with Crippen molar-refractivity contribution in [3.8, 4) is 11.5 Å². The molecule has 5 amide bonds. The standard InChI is InChI=1S/C40H47N7O7/c1-25-30(26(2)47(3)46-25)18-20-42-39(52)34-24-36(49)43-33(23-28-14-16-29(48)17-15-28)40(53)45-32(22-27-10-5-4-6-11-27)38(51)41-19-9-21-54-35-13-8-7-12-31(35)37(50)44-34/h4-8,10-17,32-34,48H,9,18-24H2,1-3H3,(H,41,51)(H,42,52)(H,43,49)(H,44,50)(H,45,53)/t32-,33-,34-/m0/s1. The monoisotopic (exact) mass is 737 g/mol. The summed E-state index contributed by atoms with van der Waals surface area (Å²) in [5, 5.41) is 28.3. The van der Waals surface area contributed by atoms with Crippen LogP contribution in [-0.4, -0.2) is 82.2 Å². The van der Waals surface area contributed by atoms with Crippen molar-refractivity contribution in [1.29, 1.82) is 0 Å². The maximum absolute atomic E-state index is 14.0. The average molecular weight is 738 g/mol. The van der Waals surface area contributed by atoms with E-state index in [-0.39, 0.29) is 49.6 Å². The first-order chi connectivity index (χ1) is 26.0. The third-order valence-corrected chi connectivity index (χ3v) is 9.30. The Hall–Kier alpha value is -6.18. The van der Waals surface area contributed by atoms with Crippen LogP contribution in [0.4, 0.5) is 0 Å². The minimum absolute atomic E-state index is 0.00921. The first-order valence-corrected chi connectivity index (χ1v) is 18.0. The van der Waals surface area contributed by atoms with Crippen molar-refractivity contribution >= 4 is 29.5 Å². The molecule has 3 atom stereocenters. The smallest absolute Gasteiger partial charge is 0.255 e. The lowest BCUT2D eigenvalue weighted by atomic mass is 10.0. The van der Waals surface area contributed by atoms with Gasteiger partial charge in [0.25, 0.3) is 5.91 Å². The van der Waals surface area contributed by atoms with Crippen molar-refractivity contribution in [2.24, 2.45) is 7.05 Å². The Morgan fingerprint density at radius 3 is 2.24 bits per heavy atom. The number of nitrogens with one attached hydrogen (secondary N) is 5. The molecule has 0 saturated heterocycles. The first-order valence-electron chi connectivity index (χ1n) is 18.0. The Kier molecular flexibility index (Phi) is 13.4.